The zero-order valence-electron chi connectivity index (χ0n) is 26.5. The number of aromatic nitrogens is 5. The summed E-state index contributed by atoms with van der Waals surface area (Å²) in [5.41, 5.74) is 5.81. The van der Waals surface area contributed by atoms with Gasteiger partial charge in [0, 0.05) is 56.2 Å². The highest BCUT2D eigenvalue weighted by molar-refractivity contribution is 6.74. The molecule has 4 heterocycles. The highest BCUT2D eigenvalue weighted by Crippen LogP contribution is 2.37. The zero-order chi connectivity index (χ0) is 30.2. The molecule has 3 aromatic heterocycles. The molecule has 1 aromatic carbocycles. The molecule has 0 radical (unpaired) electrons. The molecule has 1 fully saturated rings. The molecule has 1 aliphatic rings. The largest absolute Gasteiger partial charge is 0.415 e. The van der Waals surface area contributed by atoms with Crippen LogP contribution in [0.1, 0.15) is 66.0 Å². The van der Waals surface area contributed by atoms with Gasteiger partial charge in [-0.05, 0) is 55.6 Å². The van der Waals surface area contributed by atoms with Crippen molar-refractivity contribution in [1.29, 1.82) is 0 Å². The van der Waals surface area contributed by atoms with Crippen molar-refractivity contribution in [2.75, 3.05) is 24.6 Å². The fourth-order valence-electron chi connectivity index (χ4n) is 6.01. The summed E-state index contributed by atoms with van der Waals surface area (Å²) >= 11 is 0. The maximum Gasteiger partial charge on any atom is 0.253 e. The van der Waals surface area contributed by atoms with E-state index in [0.717, 1.165) is 53.7 Å². The normalized spacial score (nSPS) is 19.6. The lowest BCUT2D eigenvalue weighted by Gasteiger charge is -2.49. The fraction of sp³-hybridized carbons (Fsp3) is 0.562. The van der Waals surface area contributed by atoms with Crippen LogP contribution in [0.5, 0.6) is 0 Å². The monoisotopic (exact) mass is 589 g/mol. The van der Waals surface area contributed by atoms with Gasteiger partial charge in [-0.1, -0.05) is 40.7 Å². The molecule has 1 saturated heterocycles. The molecule has 4 aromatic rings. The third-order valence-electron chi connectivity index (χ3n) is 9.74. The molecule has 1 N–H and O–H groups in total. The molecule has 3 atom stereocenters. The Morgan fingerprint density at radius 1 is 1.05 bits per heavy atom. The number of nitrogens with one attached hydrogen (secondary N) is 1. The van der Waals surface area contributed by atoms with Gasteiger partial charge in [0.05, 0.1) is 35.0 Å². The molecule has 5 rings (SSSR count). The number of hydrogen-bond acceptors (Lipinski definition) is 7. The molecule has 1 unspecified atom stereocenters. The number of anilines is 1. The first-order valence-corrected chi connectivity index (χ1v) is 18.3. The number of rotatable bonds is 9. The van der Waals surface area contributed by atoms with Crippen LogP contribution in [-0.4, -0.2) is 69.7 Å². The average molecular weight is 590 g/mol. The van der Waals surface area contributed by atoms with Gasteiger partial charge in [0.1, 0.15) is 5.52 Å². The quantitative estimate of drug-likeness (QED) is 0.235. The Labute approximate surface area is 250 Å². The summed E-state index contributed by atoms with van der Waals surface area (Å²) in [5, 5.41) is 7.74. The van der Waals surface area contributed by atoms with E-state index in [1.54, 1.807) is 18.6 Å². The van der Waals surface area contributed by atoms with Crippen molar-refractivity contribution in [1.82, 2.24) is 29.6 Å². The van der Waals surface area contributed by atoms with E-state index in [-0.39, 0.29) is 22.7 Å². The Hall–Kier alpha value is -3.08. The van der Waals surface area contributed by atoms with Gasteiger partial charge < -0.3 is 13.9 Å². The van der Waals surface area contributed by atoms with Crippen molar-refractivity contribution in [2.45, 2.75) is 97.2 Å². The average Bonchev–Trinajstić information content (AvgIpc) is 3.46. The lowest BCUT2D eigenvalue weighted by molar-refractivity contribution is 0.101. The van der Waals surface area contributed by atoms with E-state index in [9.17, 15) is 4.79 Å². The third kappa shape index (κ3) is 5.76. The number of H-pyrrole nitrogens is 1. The number of pyridine rings is 1. The minimum absolute atomic E-state index is 0.00583. The summed E-state index contributed by atoms with van der Waals surface area (Å²) in [4.78, 5) is 27.6. The number of aromatic amines is 1. The topological polar surface area (TPSA) is 92.2 Å². The van der Waals surface area contributed by atoms with Crippen molar-refractivity contribution >= 4 is 36.1 Å². The molecule has 0 saturated carbocycles. The van der Waals surface area contributed by atoms with E-state index in [4.69, 9.17) is 4.43 Å². The van der Waals surface area contributed by atoms with Crippen LogP contribution in [-0.2, 0) is 11.0 Å². The summed E-state index contributed by atoms with van der Waals surface area (Å²) in [7, 11) is -1.90. The Morgan fingerprint density at radius 3 is 2.45 bits per heavy atom. The zero-order valence-corrected chi connectivity index (χ0v) is 27.5. The Balaban J connectivity index is 1.40. The predicted octanol–water partition coefficient (Wildman–Crippen LogP) is 6.13. The molecule has 0 bridgehead atoms. The second-order valence-corrected chi connectivity index (χ2v) is 18.0. The van der Waals surface area contributed by atoms with E-state index in [1.807, 2.05) is 10.6 Å². The van der Waals surface area contributed by atoms with Crippen molar-refractivity contribution in [2.24, 2.45) is 0 Å². The standard InChI is InChI=1S/C32H47N7O2Si/c1-9-24-21-39(25(10-2)20-38(24)22(3)23-11-12-26-27(17-23)34-14-13-33-26)28-18-30(40)37(29-19-35-36-31(28)29)15-16-41-42(7,8)32(4,5)6/h11-14,17-19,22,24-25H,9-10,15-16,20-21H2,1-8H3,(H,35,36)/t22?,24-,25+/m1/s1. The van der Waals surface area contributed by atoms with Crippen LogP contribution >= 0.6 is 0 Å². The van der Waals surface area contributed by atoms with E-state index >= 15 is 0 Å². The molecule has 9 nitrogen and oxygen atoms in total. The van der Waals surface area contributed by atoms with Crippen LogP contribution in [0.25, 0.3) is 22.1 Å². The van der Waals surface area contributed by atoms with Crippen LogP contribution in [0.3, 0.4) is 0 Å². The smallest absolute Gasteiger partial charge is 0.253 e. The van der Waals surface area contributed by atoms with Crippen molar-refractivity contribution in [3.63, 3.8) is 0 Å². The van der Waals surface area contributed by atoms with Gasteiger partial charge in [-0.3, -0.25) is 24.8 Å². The van der Waals surface area contributed by atoms with Gasteiger partial charge in [0.2, 0.25) is 0 Å². The number of nitrogens with zero attached hydrogens (tertiary/aromatic N) is 6. The van der Waals surface area contributed by atoms with Gasteiger partial charge in [0.25, 0.3) is 5.56 Å². The summed E-state index contributed by atoms with van der Waals surface area (Å²) in [6.45, 7) is 20.8. The molecular weight excluding hydrogens is 542 g/mol. The van der Waals surface area contributed by atoms with Crippen LogP contribution < -0.4 is 10.5 Å². The Kier molecular flexibility index (Phi) is 8.60. The van der Waals surface area contributed by atoms with Crippen molar-refractivity contribution in [3.8, 4) is 0 Å². The number of fused-ring (bicyclic) bond motifs is 2. The summed E-state index contributed by atoms with van der Waals surface area (Å²) in [6.07, 6.45) is 7.26. The maximum absolute atomic E-state index is 13.6. The van der Waals surface area contributed by atoms with Gasteiger partial charge in [-0.25, -0.2) is 0 Å². The molecule has 10 heteroatoms. The molecular formula is C32H47N7O2Si. The van der Waals surface area contributed by atoms with Gasteiger partial charge >= 0.3 is 0 Å². The first-order valence-electron chi connectivity index (χ1n) is 15.4. The molecule has 0 spiro atoms. The minimum atomic E-state index is -1.90. The lowest BCUT2D eigenvalue weighted by atomic mass is 9.96. The van der Waals surface area contributed by atoms with E-state index < -0.39 is 8.32 Å². The first kappa shape index (κ1) is 30.4. The Morgan fingerprint density at radius 2 is 1.76 bits per heavy atom. The van der Waals surface area contributed by atoms with E-state index in [0.29, 0.717) is 19.2 Å². The van der Waals surface area contributed by atoms with Crippen LogP contribution in [0.2, 0.25) is 18.1 Å². The van der Waals surface area contributed by atoms with Gasteiger partial charge in [-0.2, -0.15) is 5.10 Å². The number of piperazine rings is 1. The SMILES string of the molecule is CC[C@H]1CN(C(C)c2ccc3nccnc3c2)[C@H](CC)CN1c1cc(=O)n(CCO[Si](C)(C)C(C)(C)C)c2cn[nH]c12. The Bertz CT molecular complexity index is 1590. The van der Waals surface area contributed by atoms with E-state index in [2.05, 4.69) is 103 Å². The van der Waals surface area contributed by atoms with Gasteiger partial charge in [0.15, 0.2) is 8.32 Å². The summed E-state index contributed by atoms with van der Waals surface area (Å²) in [6, 6.07) is 9.07. The highest BCUT2D eigenvalue weighted by Gasteiger charge is 2.38. The molecule has 1 aliphatic heterocycles. The van der Waals surface area contributed by atoms with Crippen molar-refractivity contribution < 1.29 is 4.43 Å². The maximum atomic E-state index is 13.6. The lowest BCUT2D eigenvalue weighted by Crippen LogP contribution is -2.58. The molecule has 42 heavy (non-hydrogen) atoms. The highest BCUT2D eigenvalue weighted by atomic mass is 28.4. The summed E-state index contributed by atoms with van der Waals surface area (Å²) < 4.78 is 8.22. The van der Waals surface area contributed by atoms with Crippen LogP contribution in [0.4, 0.5) is 5.69 Å². The van der Waals surface area contributed by atoms with E-state index in [1.165, 1.54) is 5.56 Å². The summed E-state index contributed by atoms with van der Waals surface area (Å²) in [5.74, 6) is 0. The minimum Gasteiger partial charge on any atom is -0.415 e. The third-order valence-corrected chi connectivity index (χ3v) is 14.3. The predicted molar refractivity (Wildman–Crippen MR) is 174 cm³/mol. The first-order chi connectivity index (χ1) is 19.9. The van der Waals surface area contributed by atoms with Gasteiger partial charge in [-0.15, -0.1) is 0 Å². The molecule has 0 aliphatic carbocycles. The van der Waals surface area contributed by atoms with Crippen LogP contribution in [0, 0.1) is 0 Å². The molecule has 226 valence electrons. The second kappa shape index (κ2) is 11.9. The molecule has 0 amide bonds. The second-order valence-electron chi connectivity index (χ2n) is 13.2. The fourth-order valence-corrected chi connectivity index (χ4v) is 7.05. The number of benzene rings is 1. The van der Waals surface area contributed by atoms with Crippen molar-refractivity contribution in [3.05, 3.63) is 58.8 Å². The number of hydrogen-bond donors (Lipinski definition) is 1. The van der Waals surface area contributed by atoms with Crippen LogP contribution in [0.15, 0.2) is 47.7 Å².